The highest BCUT2D eigenvalue weighted by Crippen LogP contribution is 2.56. The first-order valence-electron chi connectivity index (χ1n) is 6.95. The number of para-hydroxylation sites is 1. The molecule has 1 atom stereocenters. The number of fused-ring (bicyclic) bond motifs is 3. The van der Waals surface area contributed by atoms with Crippen LogP contribution in [0.25, 0.3) is 0 Å². The molecule has 1 aromatic carbocycles. The van der Waals surface area contributed by atoms with E-state index in [-0.39, 0.29) is 11.8 Å². The van der Waals surface area contributed by atoms with Crippen LogP contribution in [0.2, 0.25) is 0 Å². The Morgan fingerprint density at radius 1 is 1.41 bits per heavy atom. The fourth-order valence-electron chi connectivity index (χ4n) is 2.91. The van der Waals surface area contributed by atoms with Gasteiger partial charge >= 0.3 is 0 Å². The van der Waals surface area contributed by atoms with Crippen molar-refractivity contribution in [2.75, 3.05) is 10.2 Å². The third kappa shape index (κ3) is 1.89. The second kappa shape index (κ2) is 4.82. The number of anilines is 2. The maximum Gasteiger partial charge on any atom is 0.263 e. The van der Waals surface area contributed by atoms with Crippen LogP contribution in [0.15, 0.2) is 35.4 Å². The summed E-state index contributed by atoms with van der Waals surface area (Å²) >= 11 is 2.90. The number of carbonyl (C=O) groups is 2. The summed E-state index contributed by atoms with van der Waals surface area (Å²) in [6.45, 7) is 1.94. The van der Waals surface area contributed by atoms with E-state index in [1.54, 1.807) is 11.1 Å². The highest BCUT2D eigenvalue weighted by atomic mass is 32.2. The molecule has 2 amide bonds. The minimum Gasteiger partial charge on any atom is -0.299 e. The molecule has 1 unspecified atom stereocenters. The summed E-state index contributed by atoms with van der Waals surface area (Å²) in [5.41, 5.74) is 0.834. The maximum absolute atomic E-state index is 12.9. The van der Waals surface area contributed by atoms with Crippen molar-refractivity contribution in [3.63, 3.8) is 0 Å². The Bertz CT molecular complexity index is 789. The van der Waals surface area contributed by atoms with Gasteiger partial charge in [-0.2, -0.15) is 0 Å². The molecule has 5 nitrogen and oxygen atoms in total. The largest absolute Gasteiger partial charge is 0.299 e. The Morgan fingerprint density at radius 2 is 2.23 bits per heavy atom. The Hall–Kier alpha value is -1.86. The molecule has 3 heterocycles. The van der Waals surface area contributed by atoms with E-state index >= 15 is 0 Å². The van der Waals surface area contributed by atoms with Gasteiger partial charge in [0.1, 0.15) is 0 Å². The first-order valence-corrected chi connectivity index (χ1v) is 8.58. The minimum atomic E-state index is -0.875. The molecule has 4 rings (SSSR count). The maximum atomic E-state index is 12.9. The van der Waals surface area contributed by atoms with E-state index in [2.05, 4.69) is 10.3 Å². The van der Waals surface area contributed by atoms with Crippen LogP contribution in [0.4, 0.5) is 10.8 Å². The number of nitrogens with zero attached hydrogens (tertiary/aromatic N) is 2. The van der Waals surface area contributed by atoms with Crippen LogP contribution in [-0.2, 0) is 9.59 Å². The summed E-state index contributed by atoms with van der Waals surface area (Å²) in [7, 11) is 0. The van der Waals surface area contributed by atoms with E-state index in [1.165, 1.54) is 23.1 Å². The summed E-state index contributed by atoms with van der Waals surface area (Å²) in [5.74, 6) is -0.170. The number of thioether (sulfide) groups is 1. The van der Waals surface area contributed by atoms with Crippen molar-refractivity contribution in [2.24, 2.45) is 0 Å². The fraction of sp³-hybridized carbons (Fsp3) is 0.267. The number of hydrogen-bond acceptors (Lipinski definition) is 5. The van der Waals surface area contributed by atoms with Gasteiger partial charge in [-0.1, -0.05) is 23.9 Å². The molecule has 22 heavy (non-hydrogen) atoms. The number of rotatable bonds is 2. The van der Waals surface area contributed by atoms with Gasteiger partial charge in [-0.05, 0) is 25.5 Å². The van der Waals surface area contributed by atoms with Gasteiger partial charge in [0.05, 0.1) is 5.69 Å². The molecule has 2 aliphatic heterocycles. The van der Waals surface area contributed by atoms with E-state index in [1.807, 2.05) is 31.2 Å². The van der Waals surface area contributed by atoms with Crippen LogP contribution in [0.3, 0.4) is 0 Å². The van der Waals surface area contributed by atoms with Crippen molar-refractivity contribution in [2.45, 2.75) is 29.5 Å². The third-order valence-electron chi connectivity index (χ3n) is 3.87. The first kappa shape index (κ1) is 13.8. The molecule has 2 aromatic rings. The molecule has 1 N–H and O–H groups in total. The average Bonchev–Trinajstić information content (AvgIpc) is 3.14. The van der Waals surface area contributed by atoms with Crippen molar-refractivity contribution in [1.29, 1.82) is 0 Å². The van der Waals surface area contributed by atoms with Crippen LogP contribution < -0.4 is 10.2 Å². The van der Waals surface area contributed by atoms with Crippen molar-refractivity contribution >= 4 is 45.7 Å². The molecular weight excluding hydrogens is 318 g/mol. The smallest absolute Gasteiger partial charge is 0.263 e. The lowest BCUT2D eigenvalue weighted by molar-refractivity contribution is -0.121. The molecular formula is C15H13N3O2S2. The average molecular weight is 331 g/mol. The summed E-state index contributed by atoms with van der Waals surface area (Å²) < 4.78 is 0. The summed E-state index contributed by atoms with van der Waals surface area (Å²) in [4.78, 5) is 32.2. The molecule has 112 valence electrons. The molecule has 0 spiro atoms. The predicted molar refractivity (Wildman–Crippen MR) is 87.2 cm³/mol. The summed E-state index contributed by atoms with van der Waals surface area (Å²) in [6, 6.07) is 7.67. The van der Waals surface area contributed by atoms with E-state index in [9.17, 15) is 9.59 Å². The Kier molecular flexibility index (Phi) is 3.02. The second-order valence-corrected chi connectivity index (χ2v) is 7.87. The van der Waals surface area contributed by atoms with Gasteiger partial charge in [-0.3, -0.25) is 19.8 Å². The molecule has 0 radical (unpaired) electrons. The zero-order chi connectivity index (χ0) is 15.3. The number of carbonyl (C=O) groups excluding carboxylic acids is 2. The van der Waals surface area contributed by atoms with Crippen LogP contribution >= 0.6 is 23.1 Å². The SMILES string of the molecule is Cc1cnc(NC(=O)C23CCC(=O)N2c2ccccc2S3)s1. The van der Waals surface area contributed by atoms with Gasteiger partial charge in [0.25, 0.3) is 5.91 Å². The molecule has 1 aromatic heterocycles. The van der Waals surface area contributed by atoms with Gasteiger partial charge < -0.3 is 0 Å². The minimum absolute atomic E-state index is 0.00270. The van der Waals surface area contributed by atoms with E-state index < -0.39 is 4.87 Å². The van der Waals surface area contributed by atoms with Crippen molar-refractivity contribution in [1.82, 2.24) is 4.98 Å². The lowest BCUT2D eigenvalue weighted by Gasteiger charge is -2.29. The standard InChI is InChI=1S/C15H13N3O2S2/c1-9-8-16-14(21-9)17-13(20)15-7-6-12(19)18(15)10-4-2-3-5-11(10)22-15/h2-5,8H,6-7H2,1H3,(H,16,17,20). The number of benzene rings is 1. The molecule has 0 bridgehead atoms. The monoisotopic (exact) mass is 331 g/mol. The number of aryl methyl sites for hydroxylation is 1. The third-order valence-corrected chi connectivity index (χ3v) is 6.17. The Balaban J connectivity index is 1.71. The van der Waals surface area contributed by atoms with E-state index in [4.69, 9.17) is 0 Å². The van der Waals surface area contributed by atoms with E-state index in [0.717, 1.165) is 15.5 Å². The number of hydrogen-bond donors (Lipinski definition) is 1. The second-order valence-electron chi connectivity index (χ2n) is 5.31. The zero-order valence-corrected chi connectivity index (χ0v) is 13.5. The summed E-state index contributed by atoms with van der Waals surface area (Å²) in [5, 5.41) is 3.45. The summed E-state index contributed by atoms with van der Waals surface area (Å²) in [6.07, 6.45) is 2.64. The van der Waals surface area contributed by atoms with Gasteiger partial charge in [0.15, 0.2) is 10.0 Å². The molecule has 2 aliphatic rings. The topological polar surface area (TPSA) is 62.3 Å². The van der Waals surface area contributed by atoms with Gasteiger partial charge in [-0.25, -0.2) is 4.98 Å². The highest BCUT2D eigenvalue weighted by Gasteiger charge is 2.57. The number of nitrogens with one attached hydrogen (secondary N) is 1. The van der Waals surface area contributed by atoms with Crippen molar-refractivity contribution < 1.29 is 9.59 Å². The van der Waals surface area contributed by atoms with Gasteiger partial charge in [-0.15, -0.1) is 11.3 Å². The Labute approximate surface area is 135 Å². The zero-order valence-electron chi connectivity index (χ0n) is 11.8. The van der Waals surface area contributed by atoms with Gasteiger partial charge in [0, 0.05) is 22.4 Å². The lowest BCUT2D eigenvalue weighted by Crippen LogP contribution is -2.49. The number of aromatic nitrogens is 1. The number of thiazole rings is 1. The van der Waals surface area contributed by atoms with Crippen LogP contribution in [-0.4, -0.2) is 21.7 Å². The first-order chi connectivity index (χ1) is 10.6. The highest BCUT2D eigenvalue weighted by molar-refractivity contribution is 8.02. The van der Waals surface area contributed by atoms with Gasteiger partial charge in [0.2, 0.25) is 5.91 Å². The molecule has 1 fully saturated rings. The van der Waals surface area contributed by atoms with Crippen molar-refractivity contribution in [3.8, 4) is 0 Å². The Morgan fingerprint density at radius 3 is 3.00 bits per heavy atom. The quantitative estimate of drug-likeness (QED) is 0.919. The molecule has 7 heteroatoms. The molecule has 0 saturated carbocycles. The van der Waals surface area contributed by atoms with E-state index in [0.29, 0.717) is 18.0 Å². The number of amides is 2. The predicted octanol–water partition coefficient (Wildman–Crippen LogP) is 3.02. The lowest BCUT2D eigenvalue weighted by atomic mass is 10.2. The van der Waals surface area contributed by atoms with Crippen LogP contribution in [0, 0.1) is 6.92 Å². The molecule has 1 saturated heterocycles. The van der Waals surface area contributed by atoms with Crippen molar-refractivity contribution in [3.05, 3.63) is 35.3 Å². The fourth-order valence-corrected chi connectivity index (χ4v) is 4.98. The van der Waals surface area contributed by atoms with Crippen LogP contribution in [0.1, 0.15) is 17.7 Å². The normalized spacial score (nSPS) is 22.6. The van der Waals surface area contributed by atoms with Crippen LogP contribution in [0.5, 0.6) is 0 Å². The molecule has 0 aliphatic carbocycles.